The normalized spacial score (nSPS) is 22.6. The lowest BCUT2D eigenvalue weighted by Gasteiger charge is -2.33. The maximum absolute atomic E-state index is 12.1. The van der Waals surface area contributed by atoms with Gasteiger partial charge in [0.2, 0.25) is 0 Å². The third-order valence-corrected chi connectivity index (χ3v) is 4.66. The smallest absolute Gasteiger partial charge is 0.279 e. The monoisotopic (exact) mass is 279 g/mol. The molecule has 0 aromatic carbocycles. The first kappa shape index (κ1) is 15.8. The largest absolute Gasteiger partial charge is 0.377 e. The molecule has 0 aromatic heterocycles. The van der Waals surface area contributed by atoms with Gasteiger partial charge in [0.05, 0.1) is 12.7 Å². The molecule has 1 saturated heterocycles. The molecule has 7 heteroatoms. The molecule has 1 unspecified atom stereocenters. The highest BCUT2D eigenvalue weighted by Gasteiger charge is 2.30. The summed E-state index contributed by atoms with van der Waals surface area (Å²) in [7, 11) is -3.42. The number of hydrogen-bond donors (Lipinski definition) is 2. The zero-order valence-corrected chi connectivity index (χ0v) is 12.1. The molecule has 0 saturated carbocycles. The Balaban J connectivity index is 2.46. The highest BCUT2D eigenvalue weighted by atomic mass is 32.2. The summed E-state index contributed by atoms with van der Waals surface area (Å²) in [5.74, 6) is 0. The van der Waals surface area contributed by atoms with Crippen molar-refractivity contribution >= 4 is 10.2 Å². The Bertz CT molecular complexity index is 332. The van der Waals surface area contributed by atoms with Crippen molar-refractivity contribution in [3.8, 4) is 0 Å². The van der Waals surface area contributed by atoms with Crippen LogP contribution in [0.2, 0.25) is 0 Å². The lowest BCUT2D eigenvalue weighted by molar-refractivity contribution is 0.0830. The van der Waals surface area contributed by atoms with E-state index < -0.39 is 10.2 Å². The zero-order chi connectivity index (χ0) is 13.6. The van der Waals surface area contributed by atoms with Crippen molar-refractivity contribution in [2.45, 2.75) is 45.3 Å². The molecule has 18 heavy (non-hydrogen) atoms. The third kappa shape index (κ3) is 4.81. The van der Waals surface area contributed by atoms with Gasteiger partial charge in [-0.15, -0.1) is 0 Å². The van der Waals surface area contributed by atoms with Crippen LogP contribution in [0.4, 0.5) is 0 Å². The molecular formula is C11H25N3O3S. The van der Waals surface area contributed by atoms with Crippen molar-refractivity contribution in [1.82, 2.24) is 9.03 Å². The molecular weight excluding hydrogens is 254 g/mol. The average molecular weight is 279 g/mol. The van der Waals surface area contributed by atoms with Crippen LogP contribution in [0.25, 0.3) is 0 Å². The molecule has 1 aliphatic rings. The van der Waals surface area contributed by atoms with E-state index in [0.29, 0.717) is 26.2 Å². The Hall–Kier alpha value is -0.210. The number of nitrogens with zero attached hydrogens (tertiary/aromatic N) is 1. The van der Waals surface area contributed by atoms with Crippen LogP contribution in [0.3, 0.4) is 0 Å². The summed E-state index contributed by atoms with van der Waals surface area (Å²) >= 11 is 0. The molecule has 108 valence electrons. The molecule has 3 N–H and O–H groups in total. The summed E-state index contributed by atoms with van der Waals surface area (Å²) in [5.41, 5.74) is 5.63. The fourth-order valence-electron chi connectivity index (χ4n) is 2.07. The molecule has 0 aromatic rings. The number of nitrogens with two attached hydrogens (primary N) is 1. The standard InChI is InChI=1S/C11H25N3O3S/c1-10(2)17-8-6-13-18(15,16)14-7-4-3-5-11(14)9-12/h10-11,13H,3-9,12H2,1-2H3. The summed E-state index contributed by atoms with van der Waals surface area (Å²) < 4.78 is 33.6. The van der Waals surface area contributed by atoms with Gasteiger partial charge >= 0.3 is 0 Å². The van der Waals surface area contributed by atoms with Crippen molar-refractivity contribution in [3.63, 3.8) is 0 Å². The second-order valence-electron chi connectivity index (χ2n) is 4.81. The van der Waals surface area contributed by atoms with Gasteiger partial charge in [-0.25, -0.2) is 0 Å². The Morgan fingerprint density at radius 1 is 1.44 bits per heavy atom. The first-order chi connectivity index (χ1) is 8.47. The highest BCUT2D eigenvalue weighted by molar-refractivity contribution is 7.87. The number of piperidine rings is 1. The Morgan fingerprint density at radius 2 is 2.17 bits per heavy atom. The topological polar surface area (TPSA) is 84.7 Å². The van der Waals surface area contributed by atoms with E-state index in [4.69, 9.17) is 10.5 Å². The Labute approximate surface area is 110 Å². The SMILES string of the molecule is CC(C)OCCNS(=O)(=O)N1CCCCC1CN. The van der Waals surface area contributed by atoms with Crippen LogP contribution in [-0.2, 0) is 14.9 Å². The molecule has 1 heterocycles. The molecule has 1 fully saturated rings. The van der Waals surface area contributed by atoms with Gasteiger partial charge in [-0.2, -0.15) is 17.4 Å². The second kappa shape index (κ2) is 7.40. The highest BCUT2D eigenvalue weighted by Crippen LogP contribution is 2.18. The molecule has 1 aliphatic heterocycles. The third-order valence-electron chi connectivity index (χ3n) is 2.99. The second-order valence-corrected chi connectivity index (χ2v) is 6.52. The molecule has 1 atom stereocenters. The number of hydrogen-bond acceptors (Lipinski definition) is 4. The van der Waals surface area contributed by atoms with Crippen LogP contribution in [0.15, 0.2) is 0 Å². The number of ether oxygens (including phenoxy) is 1. The molecule has 1 rings (SSSR count). The number of rotatable bonds is 7. The minimum Gasteiger partial charge on any atom is -0.377 e. The van der Waals surface area contributed by atoms with Crippen molar-refractivity contribution in [2.75, 3.05) is 26.2 Å². The van der Waals surface area contributed by atoms with Gasteiger partial charge in [0, 0.05) is 25.7 Å². The van der Waals surface area contributed by atoms with E-state index in [-0.39, 0.29) is 12.1 Å². The van der Waals surface area contributed by atoms with Crippen molar-refractivity contribution < 1.29 is 13.2 Å². The Kier molecular flexibility index (Phi) is 6.51. The first-order valence-corrected chi connectivity index (χ1v) is 7.99. The van der Waals surface area contributed by atoms with Crippen LogP contribution in [-0.4, -0.2) is 51.1 Å². The van der Waals surface area contributed by atoms with Gasteiger partial charge in [-0.3, -0.25) is 0 Å². The fourth-order valence-corrected chi connectivity index (χ4v) is 3.53. The fraction of sp³-hybridized carbons (Fsp3) is 1.00. The van der Waals surface area contributed by atoms with E-state index >= 15 is 0 Å². The molecule has 0 radical (unpaired) electrons. The van der Waals surface area contributed by atoms with Crippen molar-refractivity contribution in [2.24, 2.45) is 5.73 Å². The summed E-state index contributed by atoms with van der Waals surface area (Å²) in [5, 5.41) is 0. The average Bonchev–Trinajstić information content (AvgIpc) is 2.34. The maximum atomic E-state index is 12.1. The lowest BCUT2D eigenvalue weighted by Crippen LogP contribution is -2.52. The lowest BCUT2D eigenvalue weighted by atomic mass is 10.1. The molecule has 0 aliphatic carbocycles. The van der Waals surface area contributed by atoms with Crippen LogP contribution in [0.5, 0.6) is 0 Å². The van der Waals surface area contributed by atoms with Gasteiger partial charge in [0.1, 0.15) is 0 Å². The molecule has 0 amide bonds. The van der Waals surface area contributed by atoms with E-state index in [1.54, 1.807) is 0 Å². The minimum absolute atomic E-state index is 0.0673. The van der Waals surface area contributed by atoms with E-state index in [1.807, 2.05) is 13.8 Å². The van der Waals surface area contributed by atoms with Crippen molar-refractivity contribution in [3.05, 3.63) is 0 Å². The molecule has 6 nitrogen and oxygen atoms in total. The predicted octanol–water partition coefficient (Wildman–Crippen LogP) is 0.0590. The van der Waals surface area contributed by atoms with Crippen molar-refractivity contribution in [1.29, 1.82) is 0 Å². The Morgan fingerprint density at radius 3 is 2.78 bits per heavy atom. The summed E-state index contributed by atoms with van der Waals surface area (Å²) in [6.45, 7) is 5.46. The summed E-state index contributed by atoms with van der Waals surface area (Å²) in [6.07, 6.45) is 2.91. The van der Waals surface area contributed by atoms with Crippen LogP contribution in [0, 0.1) is 0 Å². The van der Waals surface area contributed by atoms with E-state index in [0.717, 1.165) is 19.3 Å². The quantitative estimate of drug-likeness (QED) is 0.645. The minimum atomic E-state index is -3.42. The van der Waals surface area contributed by atoms with E-state index in [2.05, 4.69) is 4.72 Å². The molecule has 0 bridgehead atoms. The van der Waals surface area contributed by atoms with Gasteiger partial charge in [-0.05, 0) is 26.7 Å². The first-order valence-electron chi connectivity index (χ1n) is 6.55. The van der Waals surface area contributed by atoms with E-state index in [1.165, 1.54) is 4.31 Å². The number of nitrogens with one attached hydrogen (secondary N) is 1. The summed E-state index contributed by atoms with van der Waals surface area (Å²) in [6, 6.07) is -0.0673. The van der Waals surface area contributed by atoms with Gasteiger partial charge in [0.15, 0.2) is 0 Å². The molecule has 0 spiro atoms. The maximum Gasteiger partial charge on any atom is 0.279 e. The van der Waals surface area contributed by atoms with Crippen LogP contribution in [0.1, 0.15) is 33.1 Å². The van der Waals surface area contributed by atoms with Gasteiger partial charge < -0.3 is 10.5 Å². The van der Waals surface area contributed by atoms with Gasteiger partial charge in [-0.1, -0.05) is 6.42 Å². The zero-order valence-electron chi connectivity index (χ0n) is 11.3. The predicted molar refractivity (Wildman–Crippen MR) is 71.4 cm³/mol. The van der Waals surface area contributed by atoms with E-state index in [9.17, 15) is 8.42 Å². The van der Waals surface area contributed by atoms with Crippen LogP contribution >= 0.6 is 0 Å². The van der Waals surface area contributed by atoms with Crippen LogP contribution < -0.4 is 10.5 Å². The summed E-state index contributed by atoms with van der Waals surface area (Å²) in [4.78, 5) is 0. The van der Waals surface area contributed by atoms with Gasteiger partial charge in [0.25, 0.3) is 10.2 Å².